The Balaban J connectivity index is 1.49. The lowest BCUT2D eigenvalue weighted by molar-refractivity contribution is 0.102. The van der Waals surface area contributed by atoms with Crippen LogP contribution in [0.4, 0.5) is 5.69 Å². The van der Waals surface area contributed by atoms with Crippen LogP contribution < -0.4 is 5.32 Å². The summed E-state index contributed by atoms with van der Waals surface area (Å²) in [5.74, 6) is -0.197. The number of para-hydroxylation sites is 1. The number of amides is 1. The number of aliphatic hydroxyl groups excluding tert-OH is 1. The average Bonchev–Trinajstić information content (AvgIpc) is 3.13. The van der Waals surface area contributed by atoms with Crippen LogP contribution in [0.1, 0.15) is 27.7 Å². The maximum atomic E-state index is 12.4. The van der Waals surface area contributed by atoms with Crippen molar-refractivity contribution in [3.05, 3.63) is 102 Å². The van der Waals surface area contributed by atoms with E-state index in [4.69, 9.17) is 0 Å². The third-order valence-electron chi connectivity index (χ3n) is 4.37. The molecule has 0 aliphatic rings. The summed E-state index contributed by atoms with van der Waals surface area (Å²) in [5, 5.41) is 14.3. The van der Waals surface area contributed by atoms with E-state index in [-0.39, 0.29) is 5.91 Å². The molecular weight excluding hydrogens is 324 g/mol. The fraction of sp³-hybridized carbons (Fsp3) is 0.0455. The van der Waals surface area contributed by atoms with Crippen molar-refractivity contribution in [3.63, 3.8) is 0 Å². The van der Waals surface area contributed by atoms with Crippen molar-refractivity contribution in [2.45, 2.75) is 6.10 Å². The van der Waals surface area contributed by atoms with Crippen molar-refractivity contribution in [2.75, 3.05) is 5.32 Å². The smallest absolute Gasteiger partial charge is 0.272 e. The Morgan fingerprint density at radius 2 is 1.50 bits per heavy atom. The van der Waals surface area contributed by atoms with Crippen LogP contribution in [0.15, 0.2) is 84.9 Å². The van der Waals surface area contributed by atoms with Crippen LogP contribution in [-0.4, -0.2) is 16.0 Å². The molecule has 1 heterocycles. The van der Waals surface area contributed by atoms with E-state index in [1.54, 1.807) is 12.1 Å². The first kappa shape index (κ1) is 16.1. The molecule has 0 fully saturated rings. The number of aromatic amines is 1. The third-order valence-corrected chi connectivity index (χ3v) is 4.37. The Labute approximate surface area is 151 Å². The minimum atomic E-state index is -0.686. The van der Waals surface area contributed by atoms with Crippen LogP contribution in [0, 0.1) is 0 Å². The zero-order valence-electron chi connectivity index (χ0n) is 14.0. The molecule has 0 bridgehead atoms. The number of hydrogen-bond donors (Lipinski definition) is 3. The second kappa shape index (κ2) is 6.86. The largest absolute Gasteiger partial charge is 0.384 e. The minimum absolute atomic E-state index is 0.197. The fourth-order valence-electron chi connectivity index (χ4n) is 2.97. The molecule has 0 saturated heterocycles. The lowest BCUT2D eigenvalue weighted by Gasteiger charge is -2.12. The van der Waals surface area contributed by atoms with Gasteiger partial charge in [-0.1, -0.05) is 60.7 Å². The molecule has 1 atom stereocenters. The van der Waals surface area contributed by atoms with Crippen LogP contribution in [0.5, 0.6) is 0 Å². The highest BCUT2D eigenvalue weighted by Gasteiger charge is 2.12. The van der Waals surface area contributed by atoms with Gasteiger partial charge in [0.15, 0.2) is 0 Å². The standard InChI is InChI=1S/C22H18N2O2/c25-21(15-6-2-1-3-7-15)16-10-12-18(13-11-16)23-22(26)20-14-17-8-4-5-9-19(17)24-20/h1-14,21,24-25H,(H,23,26). The van der Waals surface area contributed by atoms with Gasteiger partial charge in [0.25, 0.3) is 5.91 Å². The zero-order valence-corrected chi connectivity index (χ0v) is 14.0. The van der Waals surface area contributed by atoms with Gasteiger partial charge in [-0.05, 0) is 35.4 Å². The second-order valence-electron chi connectivity index (χ2n) is 6.16. The van der Waals surface area contributed by atoms with E-state index in [0.29, 0.717) is 11.4 Å². The number of fused-ring (bicyclic) bond motifs is 1. The number of benzene rings is 3. The summed E-state index contributed by atoms with van der Waals surface area (Å²) in [6.07, 6.45) is -0.686. The van der Waals surface area contributed by atoms with E-state index in [9.17, 15) is 9.90 Å². The van der Waals surface area contributed by atoms with Crippen molar-refractivity contribution in [1.82, 2.24) is 4.98 Å². The number of carbonyl (C=O) groups excluding carboxylic acids is 1. The summed E-state index contributed by atoms with van der Waals surface area (Å²) in [6, 6.07) is 26.3. The van der Waals surface area contributed by atoms with Gasteiger partial charge in [0.2, 0.25) is 0 Å². The van der Waals surface area contributed by atoms with Gasteiger partial charge >= 0.3 is 0 Å². The Kier molecular flexibility index (Phi) is 4.25. The molecule has 0 spiro atoms. The molecule has 1 unspecified atom stereocenters. The molecule has 0 aliphatic carbocycles. The number of hydrogen-bond acceptors (Lipinski definition) is 2. The average molecular weight is 342 g/mol. The Bertz CT molecular complexity index is 1000. The van der Waals surface area contributed by atoms with Gasteiger partial charge in [-0.2, -0.15) is 0 Å². The van der Waals surface area contributed by atoms with E-state index in [1.165, 1.54) is 0 Å². The monoisotopic (exact) mass is 342 g/mol. The first-order chi connectivity index (χ1) is 12.7. The van der Waals surface area contributed by atoms with Crippen molar-refractivity contribution < 1.29 is 9.90 Å². The summed E-state index contributed by atoms with van der Waals surface area (Å²) in [6.45, 7) is 0. The Morgan fingerprint density at radius 3 is 2.23 bits per heavy atom. The van der Waals surface area contributed by atoms with Gasteiger partial charge in [-0.25, -0.2) is 0 Å². The number of carbonyl (C=O) groups is 1. The first-order valence-corrected chi connectivity index (χ1v) is 8.43. The van der Waals surface area contributed by atoms with E-state index in [2.05, 4.69) is 10.3 Å². The quantitative estimate of drug-likeness (QED) is 0.511. The van der Waals surface area contributed by atoms with E-state index in [0.717, 1.165) is 22.0 Å². The molecule has 26 heavy (non-hydrogen) atoms. The summed E-state index contributed by atoms with van der Waals surface area (Å²) in [7, 11) is 0. The van der Waals surface area contributed by atoms with E-state index >= 15 is 0 Å². The Hall–Kier alpha value is -3.37. The molecule has 4 heteroatoms. The predicted molar refractivity (Wildman–Crippen MR) is 103 cm³/mol. The van der Waals surface area contributed by atoms with Gasteiger partial charge in [-0.3, -0.25) is 4.79 Å². The topological polar surface area (TPSA) is 65.1 Å². The molecule has 3 N–H and O–H groups in total. The fourth-order valence-corrected chi connectivity index (χ4v) is 2.97. The highest BCUT2D eigenvalue weighted by atomic mass is 16.3. The van der Waals surface area contributed by atoms with Crippen LogP contribution in [0.25, 0.3) is 10.9 Å². The Morgan fingerprint density at radius 1 is 0.846 bits per heavy atom. The molecule has 3 aromatic carbocycles. The molecule has 0 radical (unpaired) electrons. The molecule has 4 aromatic rings. The molecule has 1 aromatic heterocycles. The van der Waals surface area contributed by atoms with Gasteiger partial charge in [0.05, 0.1) is 0 Å². The first-order valence-electron chi connectivity index (χ1n) is 8.43. The molecule has 4 rings (SSSR count). The second-order valence-corrected chi connectivity index (χ2v) is 6.16. The zero-order chi connectivity index (χ0) is 17.9. The summed E-state index contributed by atoms with van der Waals surface area (Å²) in [4.78, 5) is 15.5. The molecule has 0 aliphatic heterocycles. The lowest BCUT2D eigenvalue weighted by Crippen LogP contribution is -2.12. The summed E-state index contributed by atoms with van der Waals surface area (Å²) in [5.41, 5.74) is 3.73. The van der Waals surface area contributed by atoms with Crippen molar-refractivity contribution >= 4 is 22.5 Å². The van der Waals surface area contributed by atoms with Gasteiger partial charge < -0.3 is 15.4 Å². The normalized spacial score (nSPS) is 12.0. The number of aromatic nitrogens is 1. The summed E-state index contributed by atoms with van der Waals surface area (Å²) < 4.78 is 0. The maximum Gasteiger partial charge on any atom is 0.272 e. The summed E-state index contributed by atoms with van der Waals surface area (Å²) >= 11 is 0. The van der Waals surface area contributed by atoms with Crippen LogP contribution in [0.3, 0.4) is 0 Å². The highest BCUT2D eigenvalue weighted by molar-refractivity contribution is 6.05. The molecule has 0 saturated carbocycles. The number of nitrogens with one attached hydrogen (secondary N) is 2. The molecule has 4 nitrogen and oxygen atoms in total. The number of rotatable bonds is 4. The number of anilines is 1. The lowest BCUT2D eigenvalue weighted by atomic mass is 10.0. The van der Waals surface area contributed by atoms with Crippen molar-refractivity contribution in [1.29, 1.82) is 0 Å². The minimum Gasteiger partial charge on any atom is -0.384 e. The third kappa shape index (κ3) is 3.23. The van der Waals surface area contributed by atoms with Crippen molar-refractivity contribution in [3.8, 4) is 0 Å². The highest BCUT2D eigenvalue weighted by Crippen LogP contribution is 2.23. The van der Waals surface area contributed by atoms with Crippen LogP contribution in [-0.2, 0) is 0 Å². The van der Waals surface area contributed by atoms with Crippen LogP contribution in [0.2, 0.25) is 0 Å². The van der Waals surface area contributed by atoms with E-state index < -0.39 is 6.10 Å². The molecular formula is C22H18N2O2. The van der Waals surface area contributed by atoms with Gasteiger partial charge in [-0.15, -0.1) is 0 Å². The van der Waals surface area contributed by atoms with E-state index in [1.807, 2.05) is 72.8 Å². The number of aliphatic hydroxyl groups is 1. The predicted octanol–water partition coefficient (Wildman–Crippen LogP) is 4.50. The maximum absolute atomic E-state index is 12.4. The molecule has 128 valence electrons. The molecule has 1 amide bonds. The SMILES string of the molecule is O=C(Nc1ccc(C(O)c2ccccc2)cc1)c1cc2ccccc2[nH]1. The van der Waals surface area contributed by atoms with Crippen LogP contribution >= 0.6 is 0 Å². The van der Waals surface area contributed by atoms with Gasteiger partial charge in [0.1, 0.15) is 11.8 Å². The number of H-pyrrole nitrogens is 1. The van der Waals surface area contributed by atoms with Gasteiger partial charge in [0, 0.05) is 16.6 Å². The van der Waals surface area contributed by atoms with Crippen molar-refractivity contribution in [2.24, 2.45) is 0 Å².